The van der Waals surface area contributed by atoms with Gasteiger partial charge in [0.15, 0.2) is 0 Å². The lowest BCUT2D eigenvalue weighted by molar-refractivity contribution is -0.384. The molecule has 0 unspecified atom stereocenters. The molecule has 1 fully saturated rings. The molecule has 0 saturated carbocycles. The van der Waals surface area contributed by atoms with E-state index in [1.54, 1.807) is 12.3 Å². The lowest BCUT2D eigenvalue weighted by atomic mass is 10.1. The van der Waals surface area contributed by atoms with E-state index in [1.165, 1.54) is 16.6 Å². The van der Waals surface area contributed by atoms with Crippen LogP contribution in [0.3, 0.4) is 0 Å². The standard InChI is InChI=1S/C20H21N5O4S/c1-30(28,29)24-8-6-23(7-9-24)14-15-10-16(12-17(11-15)25(26)27)20-13-21-18-4-2-3-5-19(18)22-20/h2-5,10-13H,6-9,14H2,1H3. The van der Waals surface area contributed by atoms with Gasteiger partial charge in [0.1, 0.15) is 0 Å². The van der Waals surface area contributed by atoms with Crippen LogP contribution in [0.5, 0.6) is 0 Å². The molecule has 1 saturated heterocycles. The van der Waals surface area contributed by atoms with Gasteiger partial charge >= 0.3 is 0 Å². The number of hydrogen-bond donors (Lipinski definition) is 0. The van der Waals surface area contributed by atoms with Crippen molar-refractivity contribution in [1.29, 1.82) is 0 Å². The third-order valence-corrected chi connectivity index (χ3v) is 6.44. The second-order valence-corrected chi connectivity index (χ2v) is 9.31. The Morgan fingerprint density at radius 3 is 2.43 bits per heavy atom. The van der Waals surface area contributed by atoms with Gasteiger partial charge in [-0.25, -0.2) is 13.4 Å². The van der Waals surface area contributed by atoms with Gasteiger partial charge in [0.25, 0.3) is 5.69 Å². The van der Waals surface area contributed by atoms with Crippen molar-refractivity contribution in [2.45, 2.75) is 6.54 Å². The van der Waals surface area contributed by atoms with E-state index >= 15 is 0 Å². The summed E-state index contributed by atoms with van der Waals surface area (Å²) in [6.45, 7) is 2.46. The number of sulfonamides is 1. The fraction of sp³-hybridized carbons (Fsp3) is 0.300. The Labute approximate surface area is 174 Å². The molecule has 3 aromatic rings. The number of nitrogens with zero attached hydrogens (tertiary/aromatic N) is 5. The van der Waals surface area contributed by atoms with Crippen LogP contribution in [0.2, 0.25) is 0 Å². The molecule has 0 atom stereocenters. The smallest absolute Gasteiger partial charge is 0.270 e. The summed E-state index contributed by atoms with van der Waals surface area (Å²) in [5.74, 6) is 0. The zero-order chi connectivity index (χ0) is 21.3. The van der Waals surface area contributed by atoms with E-state index in [9.17, 15) is 18.5 Å². The van der Waals surface area contributed by atoms with Gasteiger partial charge in [0.2, 0.25) is 10.0 Å². The van der Waals surface area contributed by atoms with Gasteiger partial charge in [0, 0.05) is 50.4 Å². The van der Waals surface area contributed by atoms with E-state index in [4.69, 9.17) is 0 Å². The van der Waals surface area contributed by atoms with Crippen LogP contribution < -0.4 is 0 Å². The highest BCUT2D eigenvalue weighted by molar-refractivity contribution is 7.88. The van der Waals surface area contributed by atoms with E-state index < -0.39 is 14.9 Å². The summed E-state index contributed by atoms with van der Waals surface area (Å²) in [6.07, 6.45) is 2.83. The number of nitro benzene ring substituents is 1. The van der Waals surface area contributed by atoms with E-state index in [0.717, 1.165) is 16.6 Å². The van der Waals surface area contributed by atoms with Crippen LogP contribution in [0.1, 0.15) is 5.56 Å². The molecule has 2 aromatic carbocycles. The first-order valence-corrected chi connectivity index (χ1v) is 11.3. The van der Waals surface area contributed by atoms with E-state index in [0.29, 0.717) is 44.0 Å². The normalized spacial score (nSPS) is 16.0. The van der Waals surface area contributed by atoms with Crippen LogP contribution >= 0.6 is 0 Å². The van der Waals surface area contributed by atoms with E-state index in [1.807, 2.05) is 30.3 Å². The SMILES string of the molecule is CS(=O)(=O)N1CCN(Cc2cc(-c3cnc4ccccc4n3)cc([N+](=O)[O-])c2)CC1. The third kappa shape index (κ3) is 4.45. The fourth-order valence-electron chi connectivity index (χ4n) is 3.59. The highest BCUT2D eigenvalue weighted by Crippen LogP contribution is 2.26. The van der Waals surface area contributed by atoms with Gasteiger partial charge in [-0.3, -0.25) is 20.0 Å². The summed E-state index contributed by atoms with van der Waals surface area (Å²) < 4.78 is 24.8. The lowest BCUT2D eigenvalue weighted by Gasteiger charge is -2.33. The molecule has 0 aliphatic carbocycles. The maximum atomic E-state index is 11.7. The summed E-state index contributed by atoms with van der Waals surface area (Å²) in [5.41, 5.74) is 3.46. The maximum absolute atomic E-state index is 11.7. The second kappa shape index (κ2) is 8.05. The second-order valence-electron chi connectivity index (χ2n) is 7.33. The maximum Gasteiger partial charge on any atom is 0.270 e. The molecule has 4 rings (SSSR count). The Morgan fingerprint density at radius 2 is 1.77 bits per heavy atom. The number of hydrogen-bond acceptors (Lipinski definition) is 7. The molecule has 0 radical (unpaired) electrons. The average molecular weight is 427 g/mol. The summed E-state index contributed by atoms with van der Waals surface area (Å²) in [4.78, 5) is 22.2. The molecule has 0 spiro atoms. The monoisotopic (exact) mass is 427 g/mol. The highest BCUT2D eigenvalue weighted by Gasteiger charge is 2.24. The number of non-ortho nitro benzene ring substituents is 1. The zero-order valence-electron chi connectivity index (χ0n) is 16.4. The van der Waals surface area contributed by atoms with Gasteiger partial charge in [0.05, 0.1) is 34.1 Å². The number of fused-ring (bicyclic) bond motifs is 1. The third-order valence-electron chi connectivity index (χ3n) is 5.14. The number of piperazine rings is 1. The largest absolute Gasteiger partial charge is 0.296 e. The highest BCUT2D eigenvalue weighted by atomic mass is 32.2. The Bertz CT molecular complexity index is 1210. The molecule has 1 aliphatic heterocycles. The van der Waals surface area contributed by atoms with Crippen LogP contribution in [0.15, 0.2) is 48.7 Å². The van der Waals surface area contributed by atoms with E-state index in [2.05, 4.69) is 14.9 Å². The minimum Gasteiger partial charge on any atom is -0.296 e. The number of rotatable bonds is 5. The number of nitro groups is 1. The molecular formula is C20H21N5O4S. The minimum atomic E-state index is -3.20. The predicted octanol–water partition coefficient (Wildman–Crippen LogP) is 2.28. The molecule has 9 nitrogen and oxygen atoms in total. The molecule has 1 aliphatic rings. The van der Waals surface area contributed by atoms with Crippen molar-refractivity contribution >= 4 is 26.7 Å². The van der Waals surface area contributed by atoms with Crippen LogP contribution in [0, 0.1) is 10.1 Å². The minimum absolute atomic E-state index is 0.00719. The quantitative estimate of drug-likeness (QED) is 0.454. The summed E-state index contributed by atoms with van der Waals surface area (Å²) in [7, 11) is -3.20. The van der Waals surface area contributed by atoms with Crippen LogP contribution in [0.25, 0.3) is 22.3 Å². The lowest BCUT2D eigenvalue weighted by Crippen LogP contribution is -2.47. The van der Waals surface area contributed by atoms with Crippen molar-refractivity contribution in [3.05, 3.63) is 64.3 Å². The van der Waals surface area contributed by atoms with Crippen molar-refractivity contribution in [2.24, 2.45) is 0 Å². The molecule has 10 heteroatoms. The van der Waals surface area contributed by atoms with Crippen molar-refractivity contribution in [2.75, 3.05) is 32.4 Å². The van der Waals surface area contributed by atoms with Crippen molar-refractivity contribution in [3.63, 3.8) is 0 Å². The molecule has 0 N–H and O–H groups in total. The molecule has 0 amide bonds. The molecule has 1 aromatic heterocycles. The van der Waals surface area contributed by atoms with Gasteiger partial charge in [-0.2, -0.15) is 4.31 Å². The van der Waals surface area contributed by atoms with Crippen molar-refractivity contribution < 1.29 is 13.3 Å². The van der Waals surface area contributed by atoms with Gasteiger partial charge in [-0.1, -0.05) is 12.1 Å². The Kier molecular flexibility index (Phi) is 5.46. The Morgan fingerprint density at radius 1 is 1.07 bits per heavy atom. The van der Waals surface area contributed by atoms with Crippen LogP contribution in [-0.2, 0) is 16.6 Å². The zero-order valence-corrected chi connectivity index (χ0v) is 17.2. The topological polar surface area (TPSA) is 110 Å². The molecule has 0 bridgehead atoms. The summed E-state index contributed by atoms with van der Waals surface area (Å²) >= 11 is 0. The molecular weight excluding hydrogens is 406 g/mol. The Hall–Kier alpha value is -2.95. The first kappa shape index (κ1) is 20.3. The Balaban J connectivity index is 1.61. The first-order valence-electron chi connectivity index (χ1n) is 9.47. The average Bonchev–Trinajstić information content (AvgIpc) is 2.73. The first-order chi connectivity index (χ1) is 14.3. The number of benzene rings is 2. The van der Waals surface area contributed by atoms with Gasteiger partial charge < -0.3 is 0 Å². The number of para-hydroxylation sites is 2. The van der Waals surface area contributed by atoms with E-state index in [-0.39, 0.29) is 5.69 Å². The van der Waals surface area contributed by atoms with Crippen LogP contribution in [-0.4, -0.2) is 64.9 Å². The van der Waals surface area contributed by atoms with Crippen LogP contribution in [0.4, 0.5) is 5.69 Å². The number of aromatic nitrogens is 2. The van der Waals surface area contributed by atoms with Gasteiger partial charge in [-0.15, -0.1) is 0 Å². The van der Waals surface area contributed by atoms with Crippen molar-refractivity contribution in [1.82, 2.24) is 19.2 Å². The molecule has 2 heterocycles. The summed E-state index contributed by atoms with van der Waals surface area (Å²) in [5, 5.41) is 11.5. The predicted molar refractivity (Wildman–Crippen MR) is 113 cm³/mol. The molecule has 156 valence electrons. The summed E-state index contributed by atoms with van der Waals surface area (Å²) in [6, 6.07) is 12.4. The van der Waals surface area contributed by atoms with Crippen molar-refractivity contribution in [3.8, 4) is 11.3 Å². The van der Waals surface area contributed by atoms with Gasteiger partial charge in [-0.05, 0) is 23.8 Å². The molecule has 30 heavy (non-hydrogen) atoms. The fourth-order valence-corrected chi connectivity index (χ4v) is 4.42.